The number of fused-ring (bicyclic) bond motifs is 2. The van der Waals surface area contributed by atoms with Gasteiger partial charge in [-0.2, -0.15) is 0 Å². The molecule has 0 saturated carbocycles. The molecular weight excluding hydrogens is 385 g/mol. The van der Waals surface area contributed by atoms with Crippen LogP contribution in [-0.4, -0.2) is 15.5 Å². The van der Waals surface area contributed by atoms with Gasteiger partial charge < -0.3 is 5.32 Å². The molecule has 4 rings (SSSR count). The molecule has 1 amide bonds. The molecular formula is C20H13Cl2N3O2. The maximum absolute atomic E-state index is 12.6. The van der Waals surface area contributed by atoms with Gasteiger partial charge >= 0.3 is 0 Å². The van der Waals surface area contributed by atoms with Crippen LogP contribution < -0.4 is 10.9 Å². The van der Waals surface area contributed by atoms with E-state index in [2.05, 4.69) is 10.3 Å². The number of benzene rings is 3. The van der Waals surface area contributed by atoms with Crippen molar-refractivity contribution in [2.45, 2.75) is 6.54 Å². The molecule has 1 aromatic heterocycles. The van der Waals surface area contributed by atoms with Gasteiger partial charge in [-0.3, -0.25) is 14.2 Å². The molecule has 0 aliphatic heterocycles. The van der Waals surface area contributed by atoms with Gasteiger partial charge in [0, 0.05) is 10.7 Å². The molecule has 1 heterocycles. The second-order valence-corrected chi connectivity index (χ2v) is 6.92. The third kappa shape index (κ3) is 3.52. The number of carbonyl (C=O) groups is 1. The highest BCUT2D eigenvalue weighted by Gasteiger charge is 2.11. The summed E-state index contributed by atoms with van der Waals surface area (Å²) in [5.41, 5.74) is 0.641. The quantitative estimate of drug-likeness (QED) is 0.553. The Balaban J connectivity index is 1.60. The van der Waals surface area contributed by atoms with Crippen LogP contribution in [0.3, 0.4) is 0 Å². The van der Waals surface area contributed by atoms with Crippen LogP contribution in [0.5, 0.6) is 0 Å². The molecule has 3 aromatic carbocycles. The molecule has 0 bridgehead atoms. The number of carbonyl (C=O) groups excluding carboxylic acids is 1. The fourth-order valence-electron chi connectivity index (χ4n) is 2.93. The van der Waals surface area contributed by atoms with Crippen LogP contribution in [0.1, 0.15) is 0 Å². The number of halogens is 2. The van der Waals surface area contributed by atoms with Gasteiger partial charge in [-0.1, -0.05) is 53.5 Å². The van der Waals surface area contributed by atoms with E-state index in [1.54, 1.807) is 0 Å². The number of amides is 1. The van der Waals surface area contributed by atoms with Crippen molar-refractivity contribution in [3.05, 3.63) is 81.3 Å². The Bertz CT molecular complexity index is 1250. The van der Waals surface area contributed by atoms with Gasteiger partial charge in [0.1, 0.15) is 6.54 Å². The van der Waals surface area contributed by atoms with Crippen LogP contribution in [0.25, 0.3) is 21.7 Å². The summed E-state index contributed by atoms with van der Waals surface area (Å²) < 4.78 is 1.23. The lowest BCUT2D eigenvalue weighted by Gasteiger charge is -2.09. The highest BCUT2D eigenvalue weighted by atomic mass is 35.5. The Morgan fingerprint density at radius 2 is 1.81 bits per heavy atom. The minimum Gasteiger partial charge on any atom is -0.325 e. The minimum atomic E-state index is -0.377. The lowest BCUT2D eigenvalue weighted by Crippen LogP contribution is -2.28. The van der Waals surface area contributed by atoms with Gasteiger partial charge in [-0.05, 0) is 35.0 Å². The largest absolute Gasteiger partial charge is 0.325 e. The molecule has 0 spiro atoms. The standard InChI is InChI=1S/C20H13Cl2N3O2/c21-14-8-16-19(17(22)9-14)23-11-25(20(16)27)10-18(26)24-15-6-5-12-3-1-2-4-13(12)7-15/h1-9,11H,10H2,(H,24,26). The highest BCUT2D eigenvalue weighted by molar-refractivity contribution is 6.38. The van der Waals surface area contributed by atoms with Crippen molar-refractivity contribution < 1.29 is 4.79 Å². The van der Waals surface area contributed by atoms with Gasteiger partial charge in [-0.15, -0.1) is 0 Å². The first kappa shape index (κ1) is 17.5. The first-order valence-corrected chi connectivity index (χ1v) is 8.90. The molecule has 0 radical (unpaired) electrons. The Kier molecular flexibility index (Phi) is 4.56. The van der Waals surface area contributed by atoms with Crippen molar-refractivity contribution in [1.82, 2.24) is 9.55 Å². The number of aromatic nitrogens is 2. The average Bonchev–Trinajstić information content (AvgIpc) is 2.64. The molecule has 0 aliphatic rings. The molecule has 4 aromatic rings. The maximum Gasteiger partial charge on any atom is 0.261 e. The normalized spacial score (nSPS) is 11.0. The van der Waals surface area contributed by atoms with Gasteiger partial charge in [0.2, 0.25) is 5.91 Å². The molecule has 5 nitrogen and oxygen atoms in total. The first-order chi connectivity index (χ1) is 13.0. The van der Waals surface area contributed by atoms with E-state index in [0.29, 0.717) is 21.2 Å². The van der Waals surface area contributed by atoms with E-state index in [1.165, 1.54) is 23.0 Å². The Labute approximate surface area is 164 Å². The monoisotopic (exact) mass is 397 g/mol. The summed E-state index contributed by atoms with van der Waals surface area (Å²) in [7, 11) is 0. The molecule has 7 heteroatoms. The van der Waals surface area contributed by atoms with E-state index in [-0.39, 0.29) is 23.4 Å². The van der Waals surface area contributed by atoms with Crippen molar-refractivity contribution in [2.75, 3.05) is 5.32 Å². The second kappa shape index (κ2) is 7.02. The maximum atomic E-state index is 12.6. The van der Waals surface area contributed by atoms with E-state index < -0.39 is 0 Å². The fourth-order valence-corrected chi connectivity index (χ4v) is 3.47. The van der Waals surface area contributed by atoms with Crippen molar-refractivity contribution in [1.29, 1.82) is 0 Å². The van der Waals surface area contributed by atoms with Crippen LogP contribution in [0.4, 0.5) is 5.69 Å². The highest BCUT2D eigenvalue weighted by Crippen LogP contribution is 2.24. The number of nitrogens with one attached hydrogen (secondary N) is 1. The topological polar surface area (TPSA) is 64.0 Å². The van der Waals surface area contributed by atoms with Crippen molar-refractivity contribution in [3.63, 3.8) is 0 Å². The van der Waals surface area contributed by atoms with E-state index in [9.17, 15) is 9.59 Å². The third-order valence-electron chi connectivity index (χ3n) is 4.19. The van der Waals surface area contributed by atoms with E-state index >= 15 is 0 Å². The van der Waals surface area contributed by atoms with Crippen molar-refractivity contribution in [3.8, 4) is 0 Å². The number of hydrogen-bond donors (Lipinski definition) is 1. The molecule has 0 aliphatic carbocycles. The van der Waals surface area contributed by atoms with Crippen molar-refractivity contribution >= 4 is 56.5 Å². The van der Waals surface area contributed by atoms with E-state index in [4.69, 9.17) is 23.2 Å². The van der Waals surface area contributed by atoms with Crippen LogP contribution in [0, 0.1) is 0 Å². The number of rotatable bonds is 3. The molecule has 134 valence electrons. The Hall–Kier alpha value is -2.89. The van der Waals surface area contributed by atoms with Crippen LogP contribution in [0.15, 0.2) is 65.7 Å². The Morgan fingerprint density at radius 1 is 1.04 bits per heavy atom. The molecule has 0 unspecified atom stereocenters. The number of hydrogen-bond acceptors (Lipinski definition) is 3. The number of nitrogens with zero attached hydrogens (tertiary/aromatic N) is 2. The van der Waals surface area contributed by atoms with Crippen molar-refractivity contribution in [2.24, 2.45) is 0 Å². The summed E-state index contributed by atoms with van der Waals surface area (Å²) in [4.78, 5) is 29.2. The zero-order valence-electron chi connectivity index (χ0n) is 13.9. The first-order valence-electron chi connectivity index (χ1n) is 8.14. The SMILES string of the molecule is O=C(Cn1cnc2c(Cl)cc(Cl)cc2c1=O)Nc1ccc2ccccc2c1. The summed E-state index contributed by atoms with van der Waals surface area (Å²) in [5, 5.41) is 5.81. The third-order valence-corrected chi connectivity index (χ3v) is 4.70. The van der Waals surface area contributed by atoms with E-state index in [0.717, 1.165) is 10.8 Å². The molecule has 0 fully saturated rings. The Morgan fingerprint density at radius 3 is 2.63 bits per heavy atom. The number of anilines is 1. The summed E-state index contributed by atoms with van der Waals surface area (Å²) in [6.07, 6.45) is 1.31. The lowest BCUT2D eigenvalue weighted by molar-refractivity contribution is -0.116. The predicted octanol–water partition coefficient (Wildman–Crippen LogP) is 4.50. The summed E-state index contributed by atoms with van der Waals surface area (Å²) in [6, 6.07) is 16.5. The van der Waals surface area contributed by atoms with E-state index in [1.807, 2.05) is 42.5 Å². The average molecular weight is 398 g/mol. The van der Waals surface area contributed by atoms with Crippen LogP contribution >= 0.6 is 23.2 Å². The fraction of sp³-hybridized carbons (Fsp3) is 0.0500. The van der Waals surface area contributed by atoms with Gasteiger partial charge in [-0.25, -0.2) is 4.98 Å². The smallest absolute Gasteiger partial charge is 0.261 e. The predicted molar refractivity (Wildman–Crippen MR) is 109 cm³/mol. The lowest BCUT2D eigenvalue weighted by atomic mass is 10.1. The summed E-state index contributed by atoms with van der Waals surface area (Å²) >= 11 is 12.0. The van der Waals surface area contributed by atoms with Crippen LogP contribution in [0.2, 0.25) is 10.0 Å². The molecule has 0 saturated heterocycles. The van der Waals surface area contributed by atoms with Gasteiger partial charge in [0.05, 0.1) is 22.3 Å². The molecule has 27 heavy (non-hydrogen) atoms. The zero-order chi connectivity index (χ0) is 19.0. The van der Waals surface area contributed by atoms with Crippen LogP contribution in [-0.2, 0) is 11.3 Å². The van der Waals surface area contributed by atoms with Gasteiger partial charge in [0.25, 0.3) is 5.56 Å². The zero-order valence-corrected chi connectivity index (χ0v) is 15.5. The van der Waals surface area contributed by atoms with Gasteiger partial charge in [0.15, 0.2) is 0 Å². The molecule has 1 N–H and O–H groups in total. The summed E-state index contributed by atoms with van der Waals surface area (Å²) in [5.74, 6) is -0.332. The summed E-state index contributed by atoms with van der Waals surface area (Å²) in [6.45, 7) is -0.168. The minimum absolute atomic E-state index is 0.168. The second-order valence-electron chi connectivity index (χ2n) is 6.07. The molecule has 0 atom stereocenters.